The number of carbonyl (C=O) groups excluding carboxylic acids is 1. The van der Waals surface area contributed by atoms with E-state index in [0.29, 0.717) is 5.75 Å². The first kappa shape index (κ1) is 20.9. The van der Waals surface area contributed by atoms with Crippen LogP contribution in [0.3, 0.4) is 0 Å². The maximum Gasteiger partial charge on any atom is 0.229 e. The van der Waals surface area contributed by atoms with Crippen molar-refractivity contribution in [2.24, 2.45) is 5.73 Å². The Morgan fingerprint density at radius 2 is 1.64 bits per heavy atom. The van der Waals surface area contributed by atoms with Gasteiger partial charge in [0.2, 0.25) is 5.91 Å². The molecule has 6 heteroatoms. The van der Waals surface area contributed by atoms with Crippen molar-refractivity contribution in [2.45, 2.75) is 6.42 Å². The Balaban J connectivity index is 0.000000264. The molecule has 1 aliphatic rings. The van der Waals surface area contributed by atoms with E-state index < -0.39 is 0 Å². The van der Waals surface area contributed by atoms with Crippen LogP contribution in [0.2, 0.25) is 0 Å². The predicted octanol–water partition coefficient (Wildman–Crippen LogP) is 3.30. The number of hydrogen-bond donors (Lipinski definition) is 2. The van der Waals surface area contributed by atoms with Gasteiger partial charge in [0.1, 0.15) is 5.75 Å². The van der Waals surface area contributed by atoms with Crippen LogP contribution in [0.15, 0.2) is 54.6 Å². The summed E-state index contributed by atoms with van der Waals surface area (Å²) >= 11 is 1.71. The molecule has 1 fully saturated rings. The van der Waals surface area contributed by atoms with Crippen LogP contribution >= 0.6 is 11.8 Å². The van der Waals surface area contributed by atoms with Crippen molar-refractivity contribution in [2.75, 3.05) is 32.2 Å². The van der Waals surface area contributed by atoms with E-state index >= 15 is 0 Å². The summed E-state index contributed by atoms with van der Waals surface area (Å²) in [5.41, 5.74) is 4.50. The van der Waals surface area contributed by atoms with Crippen molar-refractivity contribution >= 4 is 17.7 Å². The topological polar surface area (TPSA) is 73.6 Å². The molecule has 0 bridgehead atoms. The Morgan fingerprint density at radius 1 is 1.00 bits per heavy atom. The highest BCUT2D eigenvalue weighted by Crippen LogP contribution is 2.30. The van der Waals surface area contributed by atoms with Crippen LogP contribution < -0.4 is 20.5 Å². The van der Waals surface area contributed by atoms with Crippen molar-refractivity contribution in [3.8, 4) is 17.2 Å². The van der Waals surface area contributed by atoms with Crippen LogP contribution in [0, 0.1) is 0 Å². The van der Waals surface area contributed by atoms with Crippen molar-refractivity contribution < 1.29 is 14.3 Å². The van der Waals surface area contributed by atoms with Gasteiger partial charge in [-0.2, -0.15) is 11.8 Å². The fourth-order valence-corrected chi connectivity index (χ4v) is 2.72. The predicted molar refractivity (Wildman–Crippen MR) is 105 cm³/mol. The molecule has 3 rings (SSSR count). The number of carbonyl (C=O) groups is 1. The van der Waals surface area contributed by atoms with E-state index in [9.17, 15) is 4.79 Å². The highest BCUT2D eigenvalue weighted by molar-refractivity contribution is 7.99. The molecular weight excluding hydrogens is 336 g/mol. The molecule has 0 aliphatic carbocycles. The average molecular weight is 362 g/mol. The number of para-hydroxylation sites is 3. The lowest BCUT2D eigenvalue weighted by molar-refractivity contribution is -0.118. The van der Waals surface area contributed by atoms with Gasteiger partial charge in [0, 0.05) is 6.54 Å². The average Bonchev–Trinajstić information content (AvgIpc) is 2.93. The summed E-state index contributed by atoms with van der Waals surface area (Å²) in [5, 5.41) is 2.78. The Morgan fingerprint density at radius 3 is 2.32 bits per heavy atom. The number of hydrogen-bond acceptors (Lipinski definition) is 5. The smallest absolute Gasteiger partial charge is 0.229 e. The summed E-state index contributed by atoms with van der Waals surface area (Å²) in [6, 6.07) is 17.2. The van der Waals surface area contributed by atoms with Gasteiger partial charge in [0.05, 0.1) is 12.9 Å². The Bertz CT molecular complexity index is 599. The van der Waals surface area contributed by atoms with Crippen LogP contribution in [0.25, 0.3) is 0 Å². The zero-order chi connectivity index (χ0) is 18.3. The number of nitrogens with two attached hydrogens (primary N) is 1. The highest BCUT2D eigenvalue weighted by Gasteiger charge is 2.04. The molecule has 2 aromatic rings. The zero-order valence-electron chi connectivity index (χ0n) is 14.7. The normalized spacial score (nSPS) is 13.0. The maximum absolute atomic E-state index is 10.6. The van der Waals surface area contributed by atoms with Gasteiger partial charge in [-0.3, -0.25) is 4.79 Å². The third-order valence-electron chi connectivity index (χ3n) is 3.06. The van der Waals surface area contributed by atoms with Crippen LogP contribution in [-0.2, 0) is 4.79 Å². The Kier molecular flexibility index (Phi) is 11.0. The molecule has 25 heavy (non-hydrogen) atoms. The third kappa shape index (κ3) is 8.47. The van der Waals surface area contributed by atoms with Gasteiger partial charge in [-0.1, -0.05) is 30.3 Å². The van der Waals surface area contributed by atoms with Gasteiger partial charge in [0.25, 0.3) is 0 Å². The molecule has 136 valence electrons. The minimum Gasteiger partial charge on any atom is -0.493 e. The fraction of sp³-hybridized carbons (Fsp3) is 0.316. The van der Waals surface area contributed by atoms with Gasteiger partial charge in [-0.15, -0.1) is 0 Å². The largest absolute Gasteiger partial charge is 0.493 e. The highest BCUT2D eigenvalue weighted by atomic mass is 32.2. The van der Waals surface area contributed by atoms with Gasteiger partial charge in [0.15, 0.2) is 11.5 Å². The van der Waals surface area contributed by atoms with Crippen molar-refractivity contribution in [3.63, 3.8) is 0 Å². The fourth-order valence-electron chi connectivity index (χ4n) is 1.94. The summed E-state index contributed by atoms with van der Waals surface area (Å²) < 4.78 is 10.9. The molecule has 2 aromatic carbocycles. The molecule has 0 radical (unpaired) electrons. The Labute approximate surface area is 153 Å². The standard InChI is InChI=1S/C13H12O2.C5H9NOS.CH5N/c1-14-12-9-5-6-10-13(12)15-11-7-3-2-4-8-11;7-5-4-8-3-1-2-6-5;1-2/h2-10H,1H3;1-4H2,(H,6,7);2H2,1H3. The maximum atomic E-state index is 10.6. The van der Waals surface area contributed by atoms with Crippen LogP contribution in [-0.4, -0.2) is 38.1 Å². The second kappa shape index (κ2) is 13.1. The molecule has 1 heterocycles. The van der Waals surface area contributed by atoms with Gasteiger partial charge in [-0.25, -0.2) is 0 Å². The summed E-state index contributed by atoms with van der Waals surface area (Å²) in [5.74, 6) is 4.24. The Hall–Kier alpha value is -2.18. The lowest BCUT2D eigenvalue weighted by Crippen LogP contribution is -2.23. The third-order valence-corrected chi connectivity index (χ3v) is 4.10. The van der Waals surface area contributed by atoms with Gasteiger partial charge in [-0.05, 0) is 43.5 Å². The van der Waals surface area contributed by atoms with E-state index in [1.165, 1.54) is 7.05 Å². The van der Waals surface area contributed by atoms with Crippen LogP contribution in [0.5, 0.6) is 17.2 Å². The summed E-state index contributed by atoms with van der Waals surface area (Å²) in [7, 11) is 3.13. The molecule has 5 nitrogen and oxygen atoms in total. The molecule has 0 atom stereocenters. The first-order valence-corrected chi connectivity index (χ1v) is 9.23. The summed E-state index contributed by atoms with van der Waals surface area (Å²) in [6.07, 6.45) is 1.12. The minimum absolute atomic E-state index is 0.188. The van der Waals surface area contributed by atoms with Crippen LogP contribution in [0.1, 0.15) is 6.42 Å². The van der Waals surface area contributed by atoms with E-state index in [0.717, 1.165) is 36.0 Å². The number of benzene rings is 2. The summed E-state index contributed by atoms with van der Waals surface area (Å²) in [6.45, 7) is 0.867. The SMILES string of the molecule is CN.COc1ccccc1Oc1ccccc1.O=C1CSCCCN1. The molecular formula is C19H26N2O3S. The van der Waals surface area contributed by atoms with Crippen molar-refractivity contribution in [1.82, 2.24) is 5.32 Å². The molecule has 0 unspecified atom stereocenters. The first-order valence-electron chi connectivity index (χ1n) is 8.07. The lowest BCUT2D eigenvalue weighted by Gasteiger charge is -2.09. The molecule has 0 saturated carbocycles. The monoisotopic (exact) mass is 362 g/mol. The van der Waals surface area contributed by atoms with E-state index in [4.69, 9.17) is 9.47 Å². The number of amides is 1. The number of ether oxygens (including phenoxy) is 2. The van der Waals surface area contributed by atoms with E-state index in [-0.39, 0.29) is 5.91 Å². The summed E-state index contributed by atoms with van der Waals surface area (Å²) in [4.78, 5) is 10.6. The van der Waals surface area contributed by atoms with Crippen molar-refractivity contribution in [3.05, 3.63) is 54.6 Å². The molecule has 3 N–H and O–H groups in total. The number of thioether (sulfide) groups is 1. The quantitative estimate of drug-likeness (QED) is 0.876. The second-order valence-corrected chi connectivity index (χ2v) is 5.93. The van der Waals surface area contributed by atoms with Gasteiger partial charge < -0.3 is 20.5 Å². The van der Waals surface area contributed by atoms with Crippen LogP contribution in [0.4, 0.5) is 0 Å². The first-order chi connectivity index (χ1) is 12.3. The molecule has 1 saturated heterocycles. The number of methoxy groups -OCH3 is 1. The zero-order valence-corrected chi connectivity index (χ0v) is 15.6. The molecule has 0 aromatic heterocycles. The van der Waals surface area contributed by atoms with Crippen molar-refractivity contribution in [1.29, 1.82) is 0 Å². The molecule has 0 spiro atoms. The number of rotatable bonds is 3. The lowest BCUT2D eigenvalue weighted by atomic mass is 10.3. The van der Waals surface area contributed by atoms with Gasteiger partial charge >= 0.3 is 0 Å². The second-order valence-electron chi connectivity index (χ2n) is 4.82. The molecule has 1 aliphatic heterocycles. The number of nitrogens with one attached hydrogen (secondary N) is 1. The minimum atomic E-state index is 0.188. The van der Waals surface area contributed by atoms with E-state index in [1.54, 1.807) is 18.9 Å². The molecule has 1 amide bonds. The van der Waals surface area contributed by atoms with E-state index in [2.05, 4.69) is 11.1 Å². The van der Waals surface area contributed by atoms with E-state index in [1.807, 2.05) is 54.6 Å².